The highest BCUT2D eigenvalue weighted by Gasteiger charge is 1.93. The van der Waals surface area contributed by atoms with Crippen LogP contribution >= 0.6 is 11.3 Å². The van der Waals surface area contributed by atoms with Crippen LogP contribution in [0.5, 0.6) is 0 Å². The number of nitrogens with zero attached hydrogens (tertiary/aromatic N) is 2. The van der Waals surface area contributed by atoms with Crippen LogP contribution in [0.1, 0.15) is 10.0 Å². The summed E-state index contributed by atoms with van der Waals surface area (Å²) < 4.78 is 0. The fourth-order valence-electron chi connectivity index (χ4n) is 0.439. The van der Waals surface area contributed by atoms with E-state index in [-0.39, 0.29) is 0 Å². The van der Waals surface area contributed by atoms with Gasteiger partial charge in [-0.25, -0.2) is 0 Å². The normalized spacial score (nSPS) is 9.75. The molecule has 0 saturated carbocycles. The van der Waals surface area contributed by atoms with Crippen molar-refractivity contribution in [2.75, 3.05) is 0 Å². The highest BCUT2D eigenvalue weighted by atomic mass is 32.1. The van der Waals surface area contributed by atoms with Gasteiger partial charge in [-0.15, -0.1) is 21.5 Å². The first kappa shape index (κ1) is 5.69. The van der Waals surface area contributed by atoms with Gasteiger partial charge in [0.25, 0.3) is 0 Å². The third kappa shape index (κ3) is 1.04. The summed E-state index contributed by atoms with van der Waals surface area (Å²) in [4.78, 5) is 0. The van der Waals surface area contributed by atoms with Crippen molar-refractivity contribution in [1.29, 1.82) is 0 Å². The number of hydrogen-bond acceptors (Lipinski definition) is 3. The van der Waals surface area contributed by atoms with Crippen LogP contribution in [0.4, 0.5) is 0 Å². The van der Waals surface area contributed by atoms with E-state index in [1.807, 2.05) is 6.92 Å². The van der Waals surface area contributed by atoms with E-state index in [1.165, 1.54) is 0 Å². The van der Waals surface area contributed by atoms with Gasteiger partial charge >= 0.3 is 0 Å². The third-order valence-corrected chi connectivity index (χ3v) is 1.68. The summed E-state index contributed by atoms with van der Waals surface area (Å²) in [6.07, 6.45) is 0.755. The van der Waals surface area contributed by atoms with E-state index in [9.17, 15) is 0 Å². The fraction of sp³-hybridized carbons (Fsp3) is 0.400. The van der Waals surface area contributed by atoms with Gasteiger partial charge < -0.3 is 0 Å². The third-order valence-electron chi connectivity index (χ3n) is 0.782. The summed E-state index contributed by atoms with van der Waals surface area (Å²) in [7, 11) is 0. The van der Waals surface area contributed by atoms with Crippen LogP contribution in [-0.4, -0.2) is 10.2 Å². The Labute approximate surface area is 52.6 Å². The van der Waals surface area contributed by atoms with Crippen LogP contribution in [-0.2, 0) is 6.42 Å². The van der Waals surface area contributed by atoms with E-state index in [1.54, 1.807) is 11.3 Å². The Morgan fingerprint density at radius 3 is 2.62 bits per heavy atom. The van der Waals surface area contributed by atoms with Crippen LogP contribution in [0, 0.1) is 13.8 Å². The number of aromatic nitrogens is 2. The minimum Gasteiger partial charge on any atom is -0.144 e. The van der Waals surface area contributed by atoms with Gasteiger partial charge in [0.05, 0.1) is 0 Å². The van der Waals surface area contributed by atoms with Gasteiger partial charge in [0, 0.05) is 6.42 Å². The first-order chi connectivity index (χ1) is 3.83. The number of hydrogen-bond donors (Lipinski definition) is 0. The molecular formula is C5H7N2S. The molecule has 0 amide bonds. The van der Waals surface area contributed by atoms with Crippen molar-refractivity contribution in [3.63, 3.8) is 0 Å². The Bertz CT molecular complexity index is 171. The van der Waals surface area contributed by atoms with E-state index < -0.39 is 0 Å². The molecule has 0 unspecified atom stereocenters. The van der Waals surface area contributed by atoms with Gasteiger partial charge in [-0.2, -0.15) is 0 Å². The van der Waals surface area contributed by atoms with E-state index in [2.05, 4.69) is 17.1 Å². The second kappa shape index (κ2) is 2.22. The molecule has 0 aromatic carbocycles. The first-order valence-corrected chi connectivity index (χ1v) is 3.23. The lowest BCUT2D eigenvalue weighted by atomic mass is 10.5. The van der Waals surface area contributed by atoms with E-state index in [4.69, 9.17) is 0 Å². The van der Waals surface area contributed by atoms with Crippen molar-refractivity contribution in [2.45, 2.75) is 13.3 Å². The Balaban J connectivity index is 2.84. The largest absolute Gasteiger partial charge is 0.144 e. The molecule has 0 spiro atoms. The zero-order valence-electron chi connectivity index (χ0n) is 4.72. The molecule has 0 fully saturated rings. The molecule has 3 heteroatoms. The molecule has 0 N–H and O–H groups in total. The second-order valence-corrected chi connectivity index (χ2v) is 2.73. The molecule has 1 aromatic heterocycles. The fourth-order valence-corrected chi connectivity index (χ4v) is 1.04. The molecule has 1 rings (SSSR count). The summed E-state index contributed by atoms with van der Waals surface area (Å²) in [6, 6.07) is 0. The van der Waals surface area contributed by atoms with Crippen LogP contribution in [0.15, 0.2) is 0 Å². The van der Waals surface area contributed by atoms with Crippen molar-refractivity contribution in [3.05, 3.63) is 16.9 Å². The highest BCUT2D eigenvalue weighted by Crippen LogP contribution is 2.06. The highest BCUT2D eigenvalue weighted by molar-refractivity contribution is 7.11. The monoisotopic (exact) mass is 127 g/mol. The first-order valence-electron chi connectivity index (χ1n) is 2.41. The standard InChI is InChI=1S/C5H7N2S/c1-3-5-7-6-4(2)8-5/h1,3H2,2H3. The Morgan fingerprint density at radius 1 is 1.62 bits per heavy atom. The Morgan fingerprint density at radius 2 is 2.38 bits per heavy atom. The van der Waals surface area contributed by atoms with Gasteiger partial charge in [0.2, 0.25) is 0 Å². The topological polar surface area (TPSA) is 25.8 Å². The number of aryl methyl sites for hydroxylation is 1. The van der Waals surface area contributed by atoms with Crippen molar-refractivity contribution >= 4 is 11.3 Å². The molecule has 2 nitrogen and oxygen atoms in total. The van der Waals surface area contributed by atoms with Gasteiger partial charge in [-0.05, 0) is 13.8 Å². The minimum atomic E-state index is 0.755. The lowest BCUT2D eigenvalue weighted by molar-refractivity contribution is 0.991. The Hall–Kier alpha value is -0.440. The van der Waals surface area contributed by atoms with E-state index in [0.29, 0.717) is 0 Å². The lowest BCUT2D eigenvalue weighted by Crippen LogP contribution is -1.75. The summed E-state index contributed by atoms with van der Waals surface area (Å²) in [5.74, 6) is 0. The zero-order chi connectivity index (χ0) is 5.98. The minimum absolute atomic E-state index is 0.755. The maximum atomic E-state index is 3.84. The molecule has 1 aromatic rings. The van der Waals surface area contributed by atoms with Gasteiger partial charge in [0.1, 0.15) is 10.0 Å². The van der Waals surface area contributed by atoms with Gasteiger partial charge in [0.15, 0.2) is 0 Å². The van der Waals surface area contributed by atoms with Crippen molar-refractivity contribution in [3.8, 4) is 0 Å². The average Bonchev–Trinajstić information content (AvgIpc) is 2.14. The van der Waals surface area contributed by atoms with E-state index >= 15 is 0 Å². The molecule has 0 aliphatic rings. The summed E-state index contributed by atoms with van der Waals surface area (Å²) in [6.45, 7) is 5.62. The van der Waals surface area contributed by atoms with Crippen LogP contribution in [0.2, 0.25) is 0 Å². The van der Waals surface area contributed by atoms with Crippen LogP contribution < -0.4 is 0 Å². The van der Waals surface area contributed by atoms with Crippen LogP contribution in [0.3, 0.4) is 0 Å². The van der Waals surface area contributed by atoms with Gasteiger partial charge in [-0.1, -0.05) is 0 Å². The summed E-state index contributed by atoms with van der Waals surface area (Å²) >= 11 is 1.60. The molecule has 0 aliphatic carbocycles. The van der Waals surface area contributed by atoms with Crippen LogP contribution in [0.25, 0.3) is 0 Å². The van der Waals surface area contributed by atoms with Crippen molar-refractivity contribution in [1.82, 2.24) is 10.2 Å². The predicted molar refractivity (Wildman–Crippen MR) is 33.7 cm³/mol. The van der Waals surface area contributed by atoms with E-state index in [0.717, 1.165) is 16.4 Å². The maximum Gasteiger partial charge on any atom is 0.117 e. The van der Waals surface area contributed by atoms with Crippen molar-refractivity contribution < 1.29 is 0 Å². The molecule has 1 radical (unpaired) electrons. The Kier molecular flexibility index (Phi) is 1.58. The number of rotatable bonds is 1. The molecule has 1 heterocycles. The lowest BCUT2D eigenvalue weighted by Gasteiger charge is -1.75. The van der Waals surface area contributed by atoms with Gasteiger partial charge in [-0.3, -0.25) is 0 Å². The quantitative estimate of drug-likeness (QED) is 0.567. The van der Waals surface area contributed by atoms with Crippen molar-refractivity contribution in [2.24, 2.45) is 0 Å². The molecular weight excluding hydrogens is 120 g/mol. The molecule has 0 saturated heterocycles. The molecule has 0 atom stereocenters. The molecule has 43 valence electrons. The zero-order valence-corrected chi connectivity index (χ0v) is 5.53. The SMILES string of the molecule is [CH2]Cc1nnc(C)s1. The molecule has 0 aliphatic heterocycles. The summed E-state index contributed by atoms with van der Waals surface area (Å²) in [5, 5.41) is 9.69. The summed E-state index contributed by atoms with van der Waals surface area (Å²) in [5.41, 5.74) is 0. The molecule has 0 bridgehead atoms. The predicted octanol–water partition coefficient (Wildman–Crippen LogP) is 1.22. The second-order valence-electron chi connectivity index (χ2n) is 1.46. The maximum absolute atomic E-state index is 3.84. The molecule has 8 heavy (non-hydrogen) atoms. The average molecular weight is 127 g/mol. The smallest absolute Gasteiger partial charge is 0.117 e.